The third kappa shape index (κ3) is 3.39. The number of halogens is 3. The molecule has 2 saturated carbocycles. The molecule has 18 heavy (non-hydrogen) atoms. The van der Waals surface area contributed by atoms with Gasteiger partial charge in [0.15, 0.2) is 0 Å². The van der Waals surface area contributed by atoms with E-state index in [1.54, 1.807) is 0 Å². The number of hydrogen-bond donors (Lipinski definition) is 1. The molecule has 2 aliphatic rings. The first-order valence-corrected chi connectivity index (χ1v) is 6.84. The fraction of sp³-hybridized carbons (Fsp3) is 0.923. The molecule has 104 valence electrons. The third-order valence-corrected chi connectivity index (χ3v) is 4.21. The largest absolute Gasteiger partial charge is 0.391 e. The highest BCUT2D eigenvalue weighted by Gasteiger charge is 2.42. The zero-order valence-corrected chi connectivity index (χ0v) is 10.4. The minimum absolute atomic E-state index is 0.0275. The lowest BCUT2D eigenvalue weighted by molar-refractivity contribution is -0.184. The quantitative estimate of drug-likeness (QED) is 0.812. The van der Waals surface area contributed by atoms with Gasteiger partial charge in [0.05, 0.1) is 5.92 Å². The number of carbonyl (C=O) groups is 1. The summed E-state index contributed by atoms with van der Waals surface area (Å²) in [7, 11) is 0. The van der Waals surface area contributed by atoms with Crippen LogP contribution in [0, 0.1) is 11.8 Å². The molecule has 2 fully saturated rings. The van der Waals surface area contributed by atoms with Crippen LogP contribution in [0.5, 0.6) is 0 Å². The van der Waals surface area contributed by atoms with E-state index in [0.717, 1.165) is 25.7 Å². The molecule has 0 unspecified atom stereocenters. The van der Waals surface area contributed by atoms with Gasteiger partial charge in [-0.2, -0.15) is 13.2 Å². The summed E-state index contributed by atoms with van der Waals surface area (Å²) in [6, 6.07) is -0.279. The Labute approximate surface area is 105 Å². The van der Waals surface area contributed by atoms with Crippen LogP contribution in [0.1, 0.15) is 51.4 Å². The Hall–Kier alpha value is -0.740. The van der Waals surface area contributed by atoms with Crippen molar-refractivity contribution in [3.63, 3.8) is 0 Å². The molecule has 0 saturated heterocycles. The molecule has 2 rings (SSSR count). The highest BCUT2D eigenvalue weighted by molar-refractivity contribution is 5.79. The summed E-state index contributed by atoms with van der Waals surface area (Å²) in [6.45, 7) is 0. The van der Waals surface area contributed by atoms with Gasteiger partial charge in [-0.15, -0.1) is 0 Å². The number of alkyl halides is 3. The zero-order chi connectivity index (χ0) is 13.2. The molecule has 0 spiro atoms. The third-order valence-electron chi connectivity index (χ3n) is 4.21. The minimum Gasteiger partial charge on any atom is -0.353 e. The van der Waals surface area contributed by atoms with Crippen LogP contribution in [0.2, 0.25) is 0 Å². The SMILES string of the molecule is O=C(N[C@@H]1CCC[C@@H](C(F)(F)F)C1)C1CCCC1. The molecule has 0 aromatic heterocycles. The monoisotopic (exact) mass is 263 g/mol. The second-order valence-electron chi connectivity index (χ2n) is 5.59. The van der Waals surface area contributed by atoms with Crippen molar-refractivity contribution in [2.45, 2.75) is 63.6 Å². The highest BCUT2D eigenvalue weighted by atomic mass is 19.4. The molecule has 2 aliphatic carbocycles. The molecule has 2 atom stereocenters. The van der Waals surface area contributed by atoms with Crippen molar-refractivity contribution in [3.8, 4) is 0 Å². The first-order chi connectivity index (χ1) is 8.47. The summed E-state index contributed by atoms with van der Waals surface area (Å²) in [4.78, 5) is 11.9. The van der Waals surface area contributed by atoms with E-state index in [-0.39, 0.29) is 30.7 Å². The summed E-state index contributed by atoms with van der Waals surface area (Å²) < 4.78 is 37.9. The van der Waals surface area contributed by atoms with Gasteiger partial charge in [-0.1, -0.05) is 19.3 Å². The van der Waals surface area contributed by atoms with Crippen molar-refractivity contribution in [1.82, 2.24) is 5.32 Å². The van der Waals surface area contributed by atoms with Gasteiger partial charge in [-0.05, 0) is 32.1 Å². The van der Waals surface area contributed by atoms with Gasteiger partial charge < -0.3 is 5.32 Å². The van der Waals surface area contributed by atoms with Gasteiger partial charge in [0.1, 0.15) is 0 Å². The molecule has 2 nitrogen and oxygen atoms in total. The maximum Gasteiger partial charge on any atom is 0.391 e. The van der Waals surface area contributed by atoms with Crippen LogP contribution in [-0.2, 0) is 4.79 Å². The Morgan fingerprint density at radius 2 is 1.67 bits per heavy atom. The standard InChI is InChI=1S/C13H20F3NO/c14-13(15,16)10-6-3-7-11(8-10)17-12(18)9-4-1-2-5-9/h9-11H,1-8H2,(H,17,18)/t10-,11-/m1/s1. The lowest BCUT2D eigenvalue weighted by atomic mass is 9.85. The second kappa shape index (κ2) is 5.49. The average Bonchev–Trinajstić information content (AvgIpc) is 2.81. The Morgan fingerprint density at radius 1 is 1.00 bits per heavy atom. The average molecular weight is 263 g/mol. The van der Waals surface area contributed by atoms with Gasteiger partial charge in [0.2, 0.25) is 5.91 Å². The van der Waals surface area contributed by atoms with Crippen LogP contribution >= 0.6 is 0 Å². The molecule has 0 aromatic carbocycles. The number of carbonyl (C=O) groups excluding carboxylic acids is 1. The normalized spacial score (nSPS) is 30.4. The summed E-state index contributed by atoms with van der Waals surface area (Å²) in [6.07, 6.45) is 1.30. The summed E-state index contributed by atoms with van der Waals surface area (Å²) in [5.74, 6) is -1.23. The molecule has 0 bridgehead atoms. The summed E-state index contributed by atoms with van der Waals surface area (Å²) in [5.41, 5.74) is 0. The smallest absolute Gasteiger partial charge is 0.353 e. The van der Waals surface area contributed by atoms with Crippen molar-refractivity contribution >= 4 is 5.91 Å². The van der Waals surface area contributed by atoms with Crippen molar-refractivity contribution in [2.24, 2.45) is 11.8 Å². The molecular formula is C13H20F3NO. The van der Waals surface area contributed by atoms with E-state index in [0.29, 0.717) is 12.8 Å². The maximum absolute atomic E-state index is 12.6. The number of rotatable bonds is 2. The van der Waals surface area contributed by atoms with E-state index in [4.69, 9.17) is 0 Å². The van der Waals surface area contributed by atoms with E-state index in [9.17, 15) is 18.0 Å². The van der Waals surface area contributed by atoms with E-state index in [1.807, 2.05) is 0 Å². The number of nitrogens with one attached hydrogen (secondary N) is 1. The van der Waals surface area contributed by atoms with E-state index in [2.05, 4.69) is 5.32 Å². The van der Waals surface area contributed by atoms with Crippen LogP contribution in [0.4, 0.5) is 13.2 Å². The fourth-order valence-corrected chi connectivity index (χ4v) is 3.13. The van der Waals surface area contributed by atoms with Gasteiger partial charge in [-0.3, -0.25) is 4.79 Å². The Kier molecular flexibility index (Phi) is 4.17. The first kappa shape index (κ1) is 13.7. The van der Waals surface area contributed by atoms with Gasteiger partial charge in [-0.25, -0.2) is 0 Å². The molecule has 1 N–H and O–H groups in total. The van der Waals surface area contributed by atoms with Crippen molar-refractivity contribution < 1.29 is 18.0 Å². The predicted octanol–water partition coefficient (Wildman–Crippen LogP) is 3.41. The molecule has 0 radical (unpaired) electrons. The van der Waals surface area contributed by atoms with E-state index in [1.165, 1.54) is 0 Å². The van der Waals surface area contributed by atoms with Gasteiger partial charge >= 0.3 is 6.18 Å². The zero-order valence-electron chi connectivity index (χ0n) is 10.4. The molecule has 0 aromatic rings. The van der Waals surface area contributed by atoms with Crippen LogP contribution in [0.25, 0.3) is 0 Å². The topological polar surface area (TPSA) is 29.1 Å². The number of hydrogen-bond acceptors (Lipinski definition) is 1. The minimum atomic E-state index is -4.11. The summed E-state index contributed by atoms with van der Waals surface area (Å²) in [5, 5.41) is 2.82. The van der Waals surface area contributed by atoms with Crippen molar-refractivity contribution in [3.05, 3.63) is 0 Å². The van der Waals surface area contributed by atoms with Crippen LogP contribution in [0.15, 0.2) is 0 Å². The van der Waals surface area contributed by atoms with E-state index < -0.39 is 12.1 Å². The van der Waals surface area contributed by atoms with E-state index >= 15 is 0 Å². The highest BCUT2D eigenvalue weighted by Crippen LogP contribution is 2.37. The maximum atomic E-state index is 12.6. The number of amides is 1. The molecular weight excluding hydrogens is 243 g/mol. The lowest BCUT2D eigenvalue weighted by Crippen LogP contribution is -2.43. The molecule has 5 heteroatoms. The fourth-order valence-electron chi connectivity index (χ4n) is 3.13. The molecule has 0 heterocycles. The second-order valence-corrected chi connectivity index (χ2v) is 5.59. The Balaban J connectivity index is 1.83. The first-order valence-electron chi connectivity index (χ1n) is 6.84. The Bertz CT molecular complexity index is 297. The van der Waals surface area contributed by atoms with Crippen LogP contribution < -0.4 is 5.32 Å². The molecule has 0 aliphatic heterocycles. The predicted molar refractivity (Wildman–Crippen MR) is 61.9 cm³/mol. The van der Waals surface area contributed by atoms with Crippen molar-refractivity contribution in [2.75, 3.05) is 0 Å². The van der Waals surface area contributed by atoms with Gasteiger partial charge in [0.25, 0.3) is 0 Å². The van der Waals surface area contributed by atoms with Crippen LogP contribution in [0.3, 0.4) is 0 Å². The summed E-state index contributed by atoms with van der Waals surface area (Å²) >= 11 is 0. The van der Waals surface area contributed by atoms with Crippen molar-refractivity contribution in [1.29, 1.82) is 0 Å². The van der Waals surface area contributed by atoms with Gasteiger partial charge in [0, 0.05) is 12.0 Å². The van der Waals surface area contributed by atoms with Crippen LogP contribution in [-0.4, -0.2) is 18.1 Å². The molecule has 1 amide bonds. The lowest BCUT2D eigenvalue weighted by Gasteiger charge is -2.31. The Morgan fingerprint density at radius 3 is 2.28 bits per heavy atom.